The van der Waals surface area contributed by atoms with E-state index in [2.05, 4.69) is 44.9 Å². The average Bonchev–Trinajstić information content (AvgIpc) is 2.66. The van der Waals surface area contributed by atoms with Crippen LogP contribution in [0.2, 0.25) is 5.02 Å². The first kappa shape index (κ1) is 15.8. The number of rotatable bonds is 4. The summed E-state index contributed by atoms with van der Waals surface area (Å²) < 4.78 is 0. The third kappa shape index (κ3) is 3.36. The minimum atomic E-state index is 0.287. The topological polar surface area (TPSA) is 29.3 Å². The van der Waals surface area contributed by atoms with Crippen molar-refractivity contribution in [1.82, 2.24) is 4.90 Å². The zero-order valence-corrected chi connectivity index (χ0v) is 13.8. The van der Waals surface area contributed by atoms with Crippen LogP contribution in [0.5, 0.6) is 0 Å². The Morgan fingerprint density at radius 2 is 1.95 bits per heavy atom. The molecule has 0 aliphatic heterocycles. The summed E-state index contributed by atoms with van der Waals surface area (Å²) in [7, 11) is 2.19. The highest BCUT2D eigenvalue weighted by Gasteiger charge is 2.39. The maximum atomic E-state index is 6.42. The first-order valence-electron chi connectivity index (χ1n) is 7.52. The summed E-state index contributed by atoms with van der Waals surface area (Å²) in [6.45, 7) is 7.89. The van der Waals surface area contributed by atoms with Crippen molar-refractivity contribution in [1.29, 1.82) is 0 Å². The van der Waals surface area contributed by atoms with Crippen LogP contribution in [0.15, 0.2) is 24.3 Å². The van der Waals surface area contributed by atoms with E-state index >= 15 is 0 Å². The van der Waals surface area contributed by atoms with Crippen molar-refractivity contribution in [2.75, 3.05) is 13.6 Å². The van der Waals surface area contributed by atoms with Crippen molar-refractivity contribution in [3.05, 3.63) is 34.9 Å². The molecule has 0 radical (unpaired) electrons. The van der Waals surface area contributed by atoms with Crippen LogP contribution in [0.1, 0.15) is 45.2 Å². The van der Waals surface area contributed by atoms with Crippen molar-refractivity contribution >= 4 is 11.6 Å². The molecule has 1 aliphatic rings. The second-order valence-electron chi connectivity index (χ2n) is 6.98. The molecule has 2 N–H and O–H groups in total. The molecule has 0 spiro atoms. The average molecular weight is 295 g/mol. The minimum Gasteiger partial charge on any atom is -0.327 e. The molecular formula is C17H27ClN2. The zero-order chi connectivity index (χ0) is 14.9. The van der Waals surface area contributed by atoms with Crippen LogP contribution < -0.4 is 5.73 Å². The van der Waals surface area contributed by atoms with Gasteiger partial charge in [-0.25, -0.2) is 0 Å². The van der Waals surface area contributed by atoms with Crippen molar-refractivity contribution in [3.8, 4) is 0 Å². The number of hydrogen-bond donors (Lipinski definition) is 1. The Hall–Kier alpha value is -0.570. The number of halogens is 1. The fourth-order valence-corrected chi connectivity index (χ4v) is 3.40. The van der Waals surface area contributed by atoms with Gasteiger partial charge in [-0.1, -0.05) is 37.6 Å². The maximum absolute atomic E-state index is 6.42. The van der Waals surface area contributed by atoms with E-state index in [4.69, 9.17) is 17.3 Å². The minimum absolute atomic E-state index is 0.287. The van der Waals surface area contributed by atoms with Crippen LogP contribution in [0.25, 0.3) is 0 Å². The third-order valence-corrected chi connectivity index (χ3v) is 5.36. The molecular weight excluding hydrogens is 268 g/mol. The lowest BCUT2D eigenvalue weighted by Gasteiger charge is -2.32. The second-order valence-corrected chi connectivity index (χ2v) is 7.42. The lowest BCUT2D eigenvalue weighted by Crippen LogP contribution is -2.41. The van der Waals surface area contributed by atoms with E-state index in [1.807, 2.05) is 12.1 Å². The van der Waals surface area contributed by atoms with Crippen molar-refractivity contribution in [2.24, 2.45) is 17.1 Å². The van der Waals surface area contributed by atoms with Gasteiger partial charge in [-0.2, -0.15) is 0 Å². The van der Waals surface area contributed by atoms with Crippen LogP contribution in [0.3, 0.4) is 0 Å². The summed E-state index contributed by atoms with van der Waals surface area (Å²) in [6.07, 6.45) is 2.48. The largest absolute Gasteiger partial charge is 0.327 e. The van der Waals surface area contributed by atoms with E-state index in [1.54, 1.807) is 0 Å². The highest BCUT2D eigenvalue weighted by molar-refractivity contribution is 6.30. The standard InChI is InChI=1S/C17H27ClN2/c1-12(13-5-7-15(18)8-6-13)20(4)11-14-9-10-17(2,3)16(14)19/h5-8,12,14,16H,9-11,19H2,1-4H3. The zero-order valence-electron chi connectivity index (χ0n) is 13.1. The monoisotopic (exact) mass is 294 g/mol. The van der Waals surface area contributed by atoms with Crippen LogP contribution in [-0.2, 0) is 0 Å². The van der Waals surface area contributed by atoms with Crippen molar-refractivity contribution < 1.29 is 0 Å². The van der Waals surface area contributed by atoms with E-state index in [1.165, 1.54) is 18.4 Å². The molecule has 0 saturated heterocycles. The molecule has 112 valence electrons. The van der Waals surface area contributed by atoms with Gasteiger partial charge >= 0.3 is 0 Å². The molecule has 3 atom stereocenters. The molecule has 3 heteroatoms. The van der Waals surface area contributed by atoms with E-state index < -0.39 is 0 Å². The molecule has 0 bridgehead atoms. The predicted octanol–water partition coefficient (Wildman–Crippen LogP) is 4.10. The summed E-state index contributed by atoms with van der Waals surface area (Å²) in [4.78, 5) is 2.41. The van der Waals surface area contributed by atoms with Gasteiger partial charge in [-0.3, -0.25) is 4.90 Å². The summed E-state index contributed by atoms with van der Waals surface area (Å²) in [6, 6.07) is 8.85. The van der Waals surface area contributed by atoms with Crippen LogP contribution >= 0.6 is 11.6 Å². The Morgan fingerprint density at radius 1 is 1.35 bits per heavy atom. The first-order chi connectivity index (χ1) is 9.31. The molecule has 20 heavy (non-hydrogen) atoms. The number of nitrogens with two attached hydrogens (primary N) is 1. The van der Waals surface area contributed by atoms with Crippen LogP contribution in [0.4, 0.5) is 0 Å². The quantitative estimate of drug-likeness (QED) is 0.906. The van der Waals surface area contributed by atoms with Crippen LogP contribution in [0, 0.1) is 11.3 Å². The van der Waals surface area contributed by atoms with Gasteiger partial charge in [0.2, 0.25) is 0 Å². The van der Waals surface area contributed by atoms with Crippen molar-refractivity contribution in [2.45, 2.75) is 45.7 Å². The van der Waals surface area contributed by atoms with Gasteiger partial charge in [-0.05, 0) is 55.8 Å². The van der Waals surface area contributed by atoms with E-state index in [9.17, 15) is 0 Å². The first-order valence-corrected chi connectivity index (χ1v) is 7.90. The molecule has 3 unspecified atom stereocenters. The molecule has 1 aromatic carbocycles. The van der Waals surface area contributed by atoms with Gasteiger partial charge in [0, 0.05) is 23.7 Å². The fraction of sp³-hybridized carbons (Fsp3) is 0.647. The smallest absolute Gasteiger partial charge is 0.0406 e. The molecule has 2 nitrogen and oxygen atoms in total. The SMILES string of the molecule is CC(c1ccc(Cl)cc1)N(C)CC1CCC(C)(C)C1N. The number of benzene rings is 1. The Balaban J connectivity index is 1.98. The normalized spacial score (nSPS) is 26.9. The molecule has 0 heterocycles. The predicted molar refractivity (Wildman–Crippen MR) is 87.0 cm³/mol. The Morgan fingerprint density at radius 3 is 2.45 bits per heavy atom. The molecule has 1 aliphatic carbocycles. The van der Waals surface area contributed by atoms with Gasteiger partial charge < -0.3 is 5.73 Å². The van der Waals surface area contributed by atoms with Gasteiger partial charge in [0.25, 0.3) is 0 Å². The Bertz CT molecular complexity index is 441. The summed E-state index contributed by atoms with van der Waals surface area (Å²) in [5.41, 5.74) is 8.01. The third-order valence-electron chi connectivity index (χ3n) is 5.11. The number of nitrogens with zero attached hydrogens (tertiary/aromatic N) is 1. The Labute approximate surface area is 128 Å². The van der Waals surface area contributed by atoms with Gasteiger partial charge in [0.1, 0.15) is 0 Å². The summed E-state index contributed by atoms with van der Waals surface area (Å²) in [5.74, 6) is 0.602. The highest BCUT2D eigenvalue weighted by Crippen LogP contribution is 2.40. The molecule has 0 amide bonds. The molecule has 1 saturated carbocycles. The van der Waals surface area contributed by atoms with Gasteiger partial charge in [0.05, 0.1) is 0 Å². The van der Waals surface area contributed by atoms with E-state index in [0.717, 1.165) is 11.6 Å². The fourth-order valence-electron chi connectivity index (χ4n) is 3.27. The molecule has 1 aromatic rings. The highest BCUT2D eigenvalue weighted by atomic mass is 35.5. The van der Waals surface area contributed by atoms with Gasteiger partial charge in [-0.15, -0.1) is 0 Å². The van der Waals surface area contributed by atoms with Crippen LogP contribution in [-0.4, -0.2) is 24.5 Å². The lowest BCUT2D eigenvalue weighted by molar-refractivity contribution is 0.196. The summed E-state index contributed by atoms with van der Waals surface area (Å²) >= 11 is 5.95. The molecule has 0 aromatic heterocycles. The van der Waals surface area contributed by atoms with Gasteiger partial charge in [0.15, 0.2) is 0 Å². The second kappa shape index (κ2) is 6.05. The lowest BCUT2D eigenvalue weighted by atomic mass is 9.85. The molecule has 1 fully saturated rings. The van der Waals surface area contributed by atoms with Crippen molar-refractivity contribution in [3.63, 3.8) is 0 Å². The van der Waals surface area contributed by atoms with E-state index in [-0.39, 0.29) is 5.41 Å². The number of hydrogen-bond acceptors (Lipinski definition) is 2. The summed E-state index contributed by atoms with van der Waals surface area (Å²) in [5, 5.41) is 0.795. The Kier molecular flexibility index (Phi) is 4.78. The van der Waals surface area contributed by atoms with E-state index in [0.29, 0.717) is 18.0 Å². The maximum Gasteiger partial charge on any atom is 0.0406 e. The molecule has 2 rings (SSSR count).